The van der Waals surface area contributed by atoms with E-state index in [1.54, 1.807) is 12.1 Å². The van der Waals surface area contributed by atoms with Crippen LogP contribution in [-0.2, 0) is 11.2 Å². The zero-order valence-electron chi connectivity index (χ0n) is 10.4. The normalized spacial score (nSPS) is 10.4. The molecule has 0 saturated carbocycles. The van der Waals surface area contributed by atoms with Gasteiger partial charge in [0.15, 0.2) is 5.13 Å². The standard InChI is InChI=1S/C13H14ClN3OS/c1-8-2-3-9(14)6-11(8)17-12(18)5-4-10-7-19-13(15)16-10/h2-3,6-7H,4-5H2,1H3,(H2,15,16)(H,17,18). The summed E-state index contributed by atoms with van der Waals surface area (Å²) in [5.74, 6) is -0.0584. The second kappa shape index (κ2) is 6.04. The molecule has 3 N–H and O–H groups in total. The van der Waals surface area contributed by atoms with E-state index in [2.05, 4.69) is 10.3 Å². The van der Waals surface area contributed by atoms with Gasteiger partial charge in [-0.1, -0.05) is 17.7 Å². The Morgan fingerprint density at radius 3 is 3.00 bits per heavy atom. The van der Waals surface area contributed by atoms with Crippen LogP contribution in [0.15, 0.2) is 23.6 Å². The third-order valence-electron chi connectivity index (χ3n) is 2.65. The van der Waals surface area contributed by atoms with Gasteiger partial charge in [-0.3, -0.25) is 4.79 Å². The average Bonchev–Trinajstić information content (AvgIpc) is 2.77. The molecule has 4 nitrogen and oxygen atoms in total. The summed E-state index contributed by atoms with van der Waals surface area (Å²) in [4.78, 5) is 16.0. The van der Waals surface area contributed by atoms with Crippen molar-refractivity contribution in [3.8, 4) is 0 Å². The fourth-order valence-electron chi connectivity index (χ4n) is 1.62. The minimum atomic E-state index is -0.0584. The van der Waals surface area contributed by atoms with Crippen molar-refractivity contribution in [2.45, 2.75) is 19.8 Å². The number of halogens is 1. The van der Waals surface area contributed by atoms with Crippen molar-refractivity contribution in [3.05, 3.63) is 39.9 Å². The lowest BCUT2D eigenvalue weighted by Crippen LogP contribution is -2.13. The first-order valence-corrected chi connectivity index (χ1v) is 7.06. The largest absolute Gasteiger partial charge is 0.375 e. The number of aryl methyl sites for hydroxylation is 2. The Morgan fingerprint density at radius 1 is 1.53 bits per heavy atom. The van der Waals surface area contributed by atoms with Crippen LogP contribution in [0, 0.1) is 6.92 Å². The molecule has 6 heteroatoms. The molecule has 0 radical (unpaired) electrons. The van der Waals surface area contributed by atoms with Crippen LogP contribution in [0.3, 0.4) is 0 Å². The van der Waals surface area contributed by atoms with Gasteiger partial charge in [0.05, 0.1) is 5.69 Å². The predicted molar refractivity (Wildman–Crippen MR) is 79.7 cm³/mol. The first kappa shape index (κ1) is 13.8. The minimum absolute atomic E-state index is 0.0584. The molecule has 1 aromatic carbocycles. The highest BCUT2D eigenvalue weighted by molar-refractivity contribution is 7.13. The van der Waals surface area contributed by atoms with Crippen molar-refractivity contribution < 1.29 is 4.79 Å². The fraction of sp³-hybridized carbons (Fsp3) is 0.231. The van der Waals surface area contributed by atoms with E-state index in [-0.39, 0.29) is 5.91 Å². The van der Waals surface area contributed by atoms with Gasteiger partial charge in [0, 0.05) is 22.5 Å². The SMILES string of the molecule is Cc1ccc(Cl)cc1NC(=O)CCc1csc(N)n1. The van der Waals surface area contributed by atoms with Crippen molar-refractivity contribution in [1.82, 2.24) is 4.98 Å². The number of aromatic nitrogens is 1. The maximum atomic E-state index is 11.8. The molecule has 0 aliphatic heterocycles. The van der Waals surface area contributed by atoms with E-state index in [1.807, 2.05) is 18.4 Å². The van der Waals surface area contributed by atoms with Crippen LogP contribution in [0.1, 0.15) is 17.7 Å². The number of thiazole rings is 1. The molecule has 2 aromatic rings. The maximum absolute atomic E-state index is 11.8. The summed E-state index contributed by atoms with van der Waals surface area (Å²) in [6.45, 7) is 1.92. The van der Waals surface area contributed by atoms with Crippen molar-refractivity contribution in [1.29, 1.82) is 0 Å². The number of anilines is 2. The molecule has 1 aromatic heterocycles. The van der Waals surface area contributed by atoms with Crippen molar-refractivity contribution in [2.75, 3.05) is 11.1 Å². The van der Waals surface area contributed by atoms with E-state index < -0.39 is 0 Å². The molecular formula is C13H14ClN3OS. The van der Waals surface area contributed by atoms with E-state index >= 15 is 0 Å². The lowest BCUT2D eigenvalue weighted by molar-refractivity contribution is -0.116. The topological polar surface area (TPSA) is 68.0 Å². The summed E-state index contributed by atoms with van der Waals surface area (Å²) in [5, 5.41) is 5.85. The third kappa shape index (κ3) is 3.94. The molecule has 0 bridgehead atoms. The quantitative estimate of drug-likeness (QED) is 0.909. The molecular weight excluding hydrogens is 282 g/mol. The van der Waals surface area contributed by atoms with Gasteiger partial charge < -0.3 is 11.1 Å². The average molecular weight is 296 g/mol. The van der Waals surface area contributed by atoms with Gasteiger partial charge in [0.25, 0.3) is 0 Å². The fourth-order valence-corrected chi connectivity index (χ4v) is 2.39. The Labute approximate surface area is 120 Å². The number of carbonyl (C=O) groups excluding carboxylic acids is 1. The van der Waals surface area contributed by atoms with E-state index in [9.17, 15) is 4.79 Å². The number of nitrogens with zero attached hydrogens (tertiary/aromatic N) is 1. The Morgan fingerprint density at radius 2 is 2.32 bits per heavy atom. The predicted octanol–water partition coefficient (Wildman–Crippen LogP) is 3.26. The van der Waals surface area contributed by atoms with Gasteiger partial charge in [0.2, 0.25) is 5.91 Å². The third-order valence-corrected chi connectivity index (χ3v) is 3.61. The van der Waals surface area contributed by atoms with Gasteiger partial charge in [-0.25, -0.2) is 4.98 Å². The van der Waals surface area contributed by atoms with Crippen LogP contribution in [-0.4, -0.2) is 10.9 Å². The number of hydrogen-bond acceptors (Lipinski definition) is 4. The summed E-state index contributed by atoms with van der Waals surface area (Å²) in [5.41, 5.74) is 8.11. The Hall–Kier alpha value is -1.59. The number of benzene rings is 1. The van der Waals surface area contributed by atoms with Crippen molar-refractivity contribution >= 4 is 39.7 Å². The summed E-state index contributed by atoms with van der Waals surface area (Å²) in [6, 6.07) is 5.42. The van der Waals surface area contributed by atoms with Crippen molar-refractivity contribution in [2.24, 2.45) is 0 Å². The lowest BCUT2D eigenvalue weighted by Gasteiger charge is -2.08. The van der Waals surface area contributed by atoms with Gasteiger partial charge in [-0.15, -0.1) is 11.3 Å². The number of amides is 1. The molecule has 0 spiro atoms. The maximum Gasteiger partial charge on any atom is 0.224 e. The molecule has 19 heavy (non-hydrogen) atoms. The number of nitrogens with two attached hydrogens (primary N) is 1. The summed E-state index contributed by atoms with van der Waals surface area (Å²) < 4.78 is 0. The smallest absolute Gasteiger partial charge is 0.224 e. The first-order valence-electron chi connectivity index (χ1n) is 5.80. The summed E-state index contributed by atoms with van der Waals surface area (Å²) in [6.07, 6.45) is 0.953. The van der Waals surface area contributed by atoms with Gasteiger partial charge in [-0.05, 0) is 31.0 Å². The first-order chi connectivity index (χ1) is 9.04. The molecule has 2 rings (SSSR count). The molecule has 100 valence electrons. The van der Waals surface area contributed by atoms with E-state index in [1.165, 1.54) is 11.3 Å². The van der Waals surface area contributed by atoms with Gasteiger partial charge in [0.1, 0.15) is 0 Å². The Balaban J connectivity index is 1.92. The van der Waals surface area contributed by atoms with Gasteiger partial charge >= 0.3 is 0 Å². The zero-order valence-corrected chi connectivity index (χ0v) is 12.0. The van der Waals surface area contributed by atoms with Crippen LogP contribution in [0.2, 0.25) is 5.02 Å². The molecule has 0 atom stereocenters. The molecule has 1 heterocycles. The molecule has 0 aliphatic carbocycles. The Kier molecular flexibility index (Phi) is 4.39. The van der Waals surface area contributed by atoms with Crippen LogP contribution in [0.5, 0.6) is 0 Å². The molecule has 0 saturated heterocycles. The van der Waals surface area contributed by atoms with Crippen LogP contribution < -0.4 is 11.1 Å². The summed E-state index contributed by atoms with van der Waals surface area (Å²) in [7, 11) is 0. The number of nitrogens with one attached hydrogen (secondary N) is 1. The van der Waals surface area contributed by atoms with Crippen LogP contribution in [0.25, 0.3) is 0 Å². The van der Waals surface area contributed by atoms with Crippen molar-refractivity contribution in [3.63, 3.8) is 0 Å². The van der Waals surface area contributed by atoms with Gasteiger partial charge in [-0.2, -0.15) is 0 Å². The number of rotatable bonds is 4. The van der Waals surface area contributed by atoms with Crippen LogP contribution >= 0.6 is 22.9 Å². The number of nitrogen functional groups attached to an aromatic ring is 1. The second-order valence-corrected chi connectivity index (χ2v) is 5.51. The number of carbonyl (C=O) groups is 1. The lowest BCUT2D eigenvalue weighted by atomic mass is 10.2. The number of hydrogen-bond donors (Lipinski definition) is 2. The molecule has 0 aliphatic rings. The monoisotopic (exact) mass is 295 g/mol. The molecule has 0 unspecified atom stereocenters. The summed E-state index contributed by atoms with van der Waals surface area (Å²) >= 11 is 7.28. The van der Waals surface area contributed by atoms with E-state index in [4.69, 9.17) is 17.3 Å². The Bertz CT molecular complexity index is 597. The molecule has 1 amide bonds. The highest BCUT2D eigenvalue weighted by atomic mass is 35.5. The van der Waals surface area contributed by atoms with Crippen LogP contribution in [0.4, 0.5) is 10.8 Å². The highest BCUT2D eigenvalue weighted by Gasteiger charge is 2.07. The van der Waals surface area contributed by atoms with E-state index in [0.29, 0.717) is 23.0 Å². The van der Waals surface area contributed by atoms with E-state index in [0.717, 1.165) is 16.9 Å². The zero-order chi connectivity index (χ0) is 13.8. The molecule has 0 fully saturated rings. The second-order valence-electron chi connectivity index (χ2n) is 4.18. The highest BCUT2D eigenvalue weighted by Crippen LogP contribution is 2.20. The minimum Gasteiger partial charge on any atom is -0.375 e.